The minimum absolute atomic E-state index is 0.414. The fourth-order valence-corrected chi connectivity index (χ4v) is 3.39. The van der Waals surface area contributed by atoms with Crippen LogP contribution in [-0.2, 0) is 9.59 Å². The van der Waals surface area contributed by atoms with Gasteiger partial charge < -0.3 is 9.88 Å². The SMILES string of the molecule is Cc1cc(/C=N\NC(=O)C(=O)Nc2cccc(Cl)c2)c(C)n1-c1ccc(Cl)c(Cl)c1. The number of nitrogens with one attached hydrogen (secondary N) is 2. The van der Waals surface area contributed by atoms with Crippen molar-refractivity contribution in [1.82, 2.24) is 9.99 Å². The van der Waals surface area contributed by atoms with Crippen LogP contribution in [0.2, 0.25) is 15.1 Å². The maximum Gasteiger partial charge on any atom is 0.329 e. The fraction of sp³-hybridized carbons (Fsp3) is 0.0952. The zero-order valence-corrected chi connectivity index (χ0v) is 18.3. The standard InChI is InChI=1S/C21H17Cl3N4O2/c1-12-8-14(13(2)28(12)17-6-7-18(23)19(24)10-17)11-25-27-21(30)20(29)26-16-5-3-4-15(22)9-16/h3-11H,1-2H3,(H,26,29)(H,27,30)/b25-11-. The normalized spacial score (nSPS) is 11.0. The van der Waals surface area contributed by atoms with Crippen LogP contribution in [0.3, 0.4) is 0 Å². The van der Waals surface area contributed by atoms with Gasteiger partial charge in [0.2, 0.25) is 0 Å². The van der Waals surface area contributed by atoms with Crippen LogP contribution >= 0.6 is 34.8 Å². The summed E-state index contributed by atoms with van der Waals surface area (Å²) in [5, 5.41) is 7.72. The number of hydrogen-bond acceptors (Lipinski definition) is 3. The first-order valence-electron chi connectivity index (χ1n) is 8.80. The second-order valence-electron chi connectivity index (χ2n) is 6.42. The molecule has 1 aromatic heterocycles. The van der Waals surface area contributed by atoms with Gasteiger partial charge >= 0.3 is 11.8 Å². The lowest BCUT2D eigenvalue weighted by Crippen LogP contribution is -2.32. The molecule has 0 atom stereocenters. The van der Waals surface area contributed by atoms with E-state index in [-0.39, 0.29) is 0 Å². The number of benzene rings is 2. The zero-order chi connectivity index (χ0) is 21.8. The second-order valence-corrected chi connectivity index (χ2v) is 7.67. The molecule has 3 aromatic rings. The predicted octanol–water partition coefficient (Wildman–Crippen LogP) is 5.14. The molecule has 0 unspecified atom stereocenters. The van der Waals surface area contributed by atoms with Gasteiger partial charge in [0.1, 0.15) is 0 Å². The lowest BCUT2D eigenvalue weighted by molar-refractivity contribution is -0.136. The van der Waals surface area contributed by atoms with E-state index >= 15 is 0 Å². The number of anilines is 1. The van der Waals surface area contributed by atoms with E-state index in [4.69, 9.17) is 34.8 Å². The monoisotopic (exact) mass is 462 g/mol. The van der Waals surface area contributed by atoms with E-state index in [1.165, 1.54) is 12.3 Å². The summed E-state index contributed by atoms with van der Waals surface area (Å²) in [6.07, 6.45) is 1.47. The number of carbonyl (C=O) groups excluding carboxylic acids is 2. The Labute approximate surface area is 188 Å². The van der Waals surface area contributed by atoms with Crippen molar-refractivity contribution in [3.05, 3.63) is 80.6 Å². The number of halogens is 3. The van der Waals surface area contributed by atoms with Gasteiger partial charge in [-0.05, 0) is 56.3 Å². The molecule has 6 nitrogen and oxygen atoms in total. The van der Waals surface area contributed by atoms with Crippen LogP contribution in [0.1, 0.15) is 17.0 Å². The van der Waals surface area contributed by atoms with Crippen molar-refractivity contribution < 1.29 is 9.59 Å². The summed E-state index contributed by atoms with van der Waals surface area (Å²) in [6.45, 7) is 3.84. The molecule has 0 radical (unpaired) electrons. The molecule has 0 saturated heterocycles. The van der Waals surface area contributed by atoms with Crippen molar-refractivity contribution in [3.63, 3.8) is 0 Å². The van der Waals surface area contributed by atoms with Crippen molar-refractivity contribution in [2.75, 3.05) is 5.32 Å². The Morgan fingerprint density at radius 2 is 1.73 bits per heavy atom. The minimum Gasteiger partial charge on any atom is -0.318 e. The molecule has 2 aromatic carbocycles. The van der Waals surface area contributed by atoms with Crippen LogP contribution in [0, 0.1) is 13.8 Å². The van der Waals surface area contributed by atoms with Gasteiger partial charge in [0, 0.05) is 33.3 Å². The van der Waals surface area contributed by atoms with Crippen LogP contribution in [0.5, 0.6) is 0 Å². The summed E-state index contributed by atoms with van der Waals surface area (Å²) in [5.41, 5.74) is 6.08. The molecule has 0 aliphatic carbocycles. The predicted molar refractivity (Wildman–Crippen MR) is 121 cm³/mol. The van der Waals surface area contributed by atoms with Crippen LogP contribution in [0.15, 0.2) is 53.6 Å². The molecule has 30 heavy (non-hydrogen) atoms. The van der Waals surface area contributed by atoms with Gasteiger partial charge in [-0.1, -0.05) is 40.9 Å². The first kappa shape index (κ1) is 21.9. The van der Waals surface area contributed by atoms with Crippen molar-refractivity contribution in [2.45, 2.75) is 13.8 Å². The van der Waals surface area contributed by atoms with Crippen molar-refractivity contribution in [1.29, 1.82) is 0 Å². The van der Waals surface area contributed by atoms with Crippen molar-refractivity contribution in [2.24, 2.45) is 5.10 Å². The summed E-state index contributed by atoms with van der Waals surface area (Å²) in [7, 11) is 0. The third kappa shape index (κ3) is 5.02. The highest BCUT2D eigenvalue weighted by Crippen LogP contribution is 2.27. The number of amides is 2. The first-order chi connectivity index (χ1) is 14.3. The molecular weight excluding hydrogens is 447 g/mol. The molecule has 2 amide bonds. The number of hydrazone groups is 1. The van der Waals surface area contributed by atoms with Crippen LogP contribution < -0.4 is 10.7 Å². The van der Waals surface area contributed by atoms with Gasteiger partial charge in [-0.2, -0.15) is 5.10 Å². The number of aromatic nitrogens is 1. The summed E-state index contributed by atoms with van der Waals surface area (Å²) < 4.78 is 1.98. The third-order valence-electron chi connectivity index (χ3n) is 4.29. The van der Waals surface area contributed by atoms with E-state index in [1.54, 1.807) is 30.3 Å². The largest absolute Gasteiger partial charge is 0.329 e. The first-order valence-corrected chi connectivity index (χ1v) is 9.94. The molecule has 0 fully saturated rings. The lowest BCUT2D eigenvalue weighted by atomic mass is 10.2. The molecule has 0 aliphatic rings. The molecule has 3 rings (SSSR count). The van der Waals surface area contributed by atoms with E-state index in [1.807, 2.05) is 30.5 Å². The summed E-state index contributed by atoms with van der Waals surface area (Å²) in [4.78, 5) is 23.9. The smallest absolute Gasteiger partial charge is 0.318 e. The maximum atomic E-state index is 12.0. The van der Waals surface area contributed by atoms with Crippen LogP contribution in [0.4, 0.5) is 5.69 Å². The number of rotatable bonds is 4. The van der Waals surface area contributed by atoms with Crippen molar-refractivity contribution in [3.8, 4) is 5.69 Å². The fourth-order valence-electron chi connectivity index (χ4n) is 2.91. The summed E-state index contributed by atoms with van der Waals surface area (Å²) in [6, 6.07) is 13.7. The van der Waals surface area contributed by atoms with E-state index in [0.29, 0.717) is 20.8 Å². The van der Waals surface area contributed by atoms with E-state index in [9.17, 15) is 9.59 Å². The molecule has 2 N–H and O–H groups in total. The third-order valence-corrected chi connectivity index (χ3v) is 5.26. The van der Waals surface area contributed by atoms with E-state index in [2.05, 4.69) is 15.8 Å². The lowest BCUT2D eigenvalue weighted by Gasteiger charge is -2.10. The molecular formula is C21H17Cl3N4O2. The highest BCUT2D eigenvalue weighted by molar-refractivity contribution is 6.42. The summed E-state index contributed by atoms with van der Waals surface area (Å²) in [5.74, 6) is -1.75. The minimum atomic E-state index is -0.899. The second kappa shape index (κ2) is 9.34. The Kier molecular flexibility index (Phi) is 6.82. The number of nitrogens with zero attached hydrogens (tertiary/aromatic N) is 2. The van der Waals surface area contributed by atoms with Gasteiger partial charge in [-0.15, -0.1) is 0 Å². The highest BCUT2D eigenvalue weighted by atomic mass is 35.5. The Bertz CT molecular complexity index is 1160. The number of hydrogen-bond donors (Lipinski definition) is 2. The highest BCUT2D eigenvalue weighted by Gasteiger charge is 2.14. The van der Waals surface area contributed by atoms with Gasteiger partial charge in [-0.25, -0.2) is 5.43 Å². The quantitative estimate of drug-likeness (QED) is 0.319. The zero-order valence-electron chi connectivity index (χ0n) is 16.0. The molecule has 154 valence electrons. The Balaban J connectivity index is 1.69. The average Bonchev–Trinajstić information content (AvgIpc) is 2.97. The number of aryl methyl sites for hydroxylation is 1. The molecule has 0 aliphatic heterocycles. The molecule has 9 heteroatoms. The Morgan fingerprint density at radius 3 is 2.43 bits per heavy atom. The maximum absolute atomic E-state index is 12.0. The molecule has 0 spiro atoms. The van der Waals surface area contributed by atoms with E-state index in [0.717, 1.165) is 22.6 Å². The van der Waals surface area contributed by atoms with Gasteiger partial charge in [-0.3, -0.25) is 9.59 Å². The van der Waals surface area contributed by atoms with E-state index < -0.39 is 11.8 Å². The number of carbonyl (C=O) groups is 2. The van der Waals surface area contributed by atoms with Gasteiger partial charge in [0.25, 0.3) is 0 Å². The van der Waals surface area contributed by atoms with Crippen molar-refractivity contribution >= 4 is 58.5 Å². The Hall–Kier alpha value is -2.80. The van der Waals surface area contributed by atoms with Crippen LogP contribution in [0.25, 0.3) is 5.69 Å². The topological polar surface area (TPSA) is 75.5 Å². The van der Waals surface area contributed by atoms with Crippen LogP contribution in [-0.4, -0.2) is 22.6 Å². The average molecular weight is 464 g/mol. The summed E-state index contributed by atoms with van der Waals surface area (Å²) >= 11 is 18.0. The van der Waals surface area contributed by atoms with Gasteiger partial charge in [0.15, 0.2) is 0 Å². The molecule has 1 heterocycles. The van der Waals surface area contributed by atoms with Gasteiger partial charge in [0.05, 0.1) is 16.3 Å². The molecule has 0 bridgehead atoms. The Morgan fingerprint density at radius 1 is 0.967 bits per heavy atom. The molecule has 0 saturated carbocycles.